The van der Waals surface area contributed by atoms with Gasteiger partial charge in [0, 0.05) is 0 Å². The van der Waals surface area contributed by atoms with Crippen molar-refractivity contribution >= 4 is 10.5 Å². The summed E-state index contributed by atoms with van der Waals surface area (Å²) in [6.45, 7) is 0. The minimum atomic E-state index is 0.355. The van der Waals surface area contributed by atoms with Crippen molar-refractivity contribution in [3.05, 3.63) is 17.1 Å². The fraction of sp³-hybridized carbons (Fsp3) is 0.250. The summed E-state index contributed by atoms with van der Waals surface area (Å²) in [5.41, 5.74) is 1.94. The minimum absolute atomic E-state index is 0.355. The molecular weight excluding hydrogens is 94.1 g/mol. The molecule has 1 unspecified atom stereocenters. The molecule has 1 aromatic heterocycles. The standard InChI is InChI=1S/C4H6NS/c1-6-3-2-5-4-6/h2-4H,1H3/q+1. The molecule has 0 spiro atoms. The fourth-order valence-electron chi connectivity index (χ4n) is 0.297. The lowest BCUT2D eigenvalue weighted by Crippen LogP contribution is -1.40. The lowest BCUT2D eigenvalue weighted by atomic mass is 11.0. The molecule has 6 heavy (non-hydrogen) atoms. The molecule has 0 aromatic carbocycles. The molecule has 0 aliphatic heterocycles. The van der Waals surface area contributed by atoms with Crippen LogP contribution < -0.4 is 0 Å². The van der Waals surface area contributed by atoms with Crippen molar-refractivity contribution in [3.8, 4) is 0 Å². The molecule has 1 aromatic rings. The van der Waals surface area contributed by atoms with Crippen LogP contribution in [0.15, 0.2) is 17.1 Å². The summed E-state index contributed by atoms with van der Waals surface area (Å²) >= 11 is 0. The maximum atomic E-state index is 3.87. The van der Waals surface area contributed by atoms with Crippen molar-refractivity contribution in [2.24, 2.45) is 6.26 Å². The fourth-order valence-corrected chi connectivity index (χ4v) is 0.892. The molecule has 2 heteroatoms. The highest BCUT2D eigenvalue weighted by atomic mass is 32.2. The van der Waals surface area contributed by atoms with Crippen molar-refractivity contribution in [2.45, 2.75) is 0 Å². The van der Waals surface area contributed by atoms with Crippen molar-refractivity contribution in [1.29, 1.82) is 0 Å². The Morgan fingerprint density at radius 1 is 1.67 bits per heavy atom. The second kappa shape index (κ2) is 1.39. The smallest absolute Gasteiger partial charge is 0.208 e. The lowest BCUT2D eigenvalue weighted by Gasteiger charge is -1.54. The average Bonchev–Trinajstić information content (AvgIpc) is 1.86. The van der Waals surface area contributed by atoms with Crippen LogP contribution in [0.3, 0.4) is 0 Å². The van der Waals surface area contributed by atoms with Crippen molar-refractivity contribution in [1.82, 2.24) is 4.98 Å². The van der Waals surface area contributed by atoms with Crippen LogP contribution in [0.5, 0.6) is 0 Å². The van der Waals surface area contributed by atoms with Crippen molar-refractivity contribution in [2.75, 3.05) is 0 Å². The van der Waals surface area contributed by atoms with Crippen molar-refractivity contribution in [3.63, 3.8) is 0 Å². The third kappa shape index (κ3) is 0.571. The van der Waals surface area contributed by atoms with Gasteiger partial charge in [0.25, 0.3) is 0 Å². The Hall–Kier alpha value is -0.370. The largest absolute Gasteiger partial charge is 0.229 e. The first-order valence-electron chi connectivity index (χ1n) is 1.73. The molecule has 0 saturated heterocycles. The van der Waals surface area contributed by atoms with E-state index in [2.05, 4.69) is 16.6 Å². The third-order valence-corrected chi connectivity index (χ3v) is 1.59. The quantitative estimate of drug-likeness (QED) is 0.449. The minimum Gasteiger partial charge on any atom is -0.208 e. The van der Waals surface area contributed by atoms with Gasteiger partial charge < -0.3 is 0 Å². The van der Waals surface area contributed by atoms with Gasteiger partial charge in [0.1, 0.15) is 6.26 Å². The second-order valence-corrected chi connectivity index (χ2v) is 2.85. The van der Waals surface area contributed by atoms with E-state index in [1.165, 1.54) is 0 Å². The Bertz CT molecular complexity index is 111. The molecule has 1 rings (SSSR count). The normalized spacial score (nSPS) is 11.8. The molecule has 0 aliphatic carbocycles. The molecule has 0 N–H and O–H groups in total. The number of nitrogens with zero attached hydrogens (tertiary/aromatic N) is 1. The van der Waals surface area contributed by atoms with Crippen molar-refractivity contribution < 1.29 is 0 Å². The zero-order valence-electron chi connectivity index (χ0n) is 3.59. The van der Waals surface area contributed by atoms with Crippen LogP contribution in [0, 0.1) is 0 Å². The maximum Gasteiger partial charge on any atom is 0.229 e. The van der Waals surface area contributed by atoms with Gasteiger partial charge in [-0.3, -0.25) is 0 Å². The molecule has 1 atom stereocenters. The summed E-state index contributed by atoms with van der Waals surface area (Å²) in [4.78, 5) is 3.87. The molecular formula is C4H6NS+. The predicted octanol–water partition coefficient (Wildman–Crippen LogP) is 1.37. The van der Waals surface area contributed by atoms with E-state index in [-0.39, 0.29) is 0 Å². The highest BCUT2D eigenvalue weighted by Gasteiger charge is 1.85. The first-order chi connectivity index (χ1) is 2.89. The number of hydrogen-bond acceptors (Lipinski definition) is 1. The summed E-state index contributed by atoms with van der Waals surface area (Å²) in [7, 11) is 0.355. The summed E-state index contributed by atoms with van der Waals surface area (Å²) in [6.07, 6.45) is 3.97. The first-order valence-corrected chi connectivity index (χ1v) is 3.49. The molecule has 0 amide bonds. The Balaban J connectivity index is 3.05. The number of thiazole rings is 1. The van der Waals surface area contributed by atoms with Gasteiger partial charge in [-0.25, -0.2) is 4.98 Å². The van der Waals surface area contributed by atoms with Crippen LogP contribution in [0.2, 0.25) is 0 Å². The topological polar surface area (TPSA) is 12.9 Å². The number of aryl methyl sites for hydroxylation is 1. The van der Waals surface area contributed by atoms with Gasteiger partial charge >= 0.3 is 0 Å². The summed E-state index contributed by atoms with van der Waals surface area (Å²) in [5, 5.41) is 2.08. The van der Waals surface area contributed by atoms with E-state index >= 15 is 0 Å². The zero-order valence-corrected chi connectivity index (χ0v) is 4.40. The van der Waals surface area contributed by atoms with Gasteiger partial charge in [0.15, 0.2) is 5.38 Å². The molecule has 32 valence electrons. The van der Waals surface area contributed by atoms with Crippen LogP contribution in [0.25, 0.3) is 0 Å². The number of hydrogen-bond donors (Lipinski definition) is 0. The van der Waals surface area contributed by atoms with Crippen LogP contribution in [-0.4, -0.2) is 4.98 Å². The highest BCUT2D eigenvalue weighted by molar-refractivity contribution is 7.26. The second-order valence-electron chi connectivity index (χ2n) is 1.15. The molecule has 0 saturated carbocycles. The van der Waals surface area contributed by atoms with Crippen LogP contribution >= 0.6 is 10.5 Å². The molecule has 0 bridgehead atoms. The van der Waals surface area contributed by atoms with Crippen LogP contribution in [0.1, 0.15) is 0 Å². The highest BCUT2D eigenvalue weighted by Crippen LogP contribution is 2.05. The van der Waals surface area contributed by atoms with E-state index < -0.39 is 0 Å². The van der Waals surface area contributed by atoms with Gasteiger partial charge in [0.2, 0.25) is 5.51 Å². The van der Waals surface area contributed by atoms with E-state index in [1.807, 2.05) is 11.7 Å². The molecule has 1 heterocycles. The predicted molar refractivity (Wildman–Crippen MR) is 27.7 cm³/mol. The van der Waals surface area contributed by atoms with E-state index in [9.17, 15) is 0 Å². The van der Waals surface area contributed by atoms with E-state index in [0.29, 0.717) is 10.5 Å². The van der Waals surface area contributed by atoms with Gasteiger partial charge in [-0.05, 0) is 10.5 Å². The molecule has 0 fully saturated rings. The zero-order chi connectivity index (χ0) is 4.41. The summed E-state index contributed by atoms with van der Waals surface area (Å²) < 4.78 is 0. The monoisotopic (exact) mass is 100 g/mol. The summed E-state index contributed by atoms with van der Waals surface area (Å²) in [6, 6.07) is 0. The maximum absolute atomic E-state index is 3.87. The van der Waals surface area contributed by atoms with Crippen LogP contribution in [-0.2, 0) is 6.26 Å². The third-order valence-electron chi connectivity index (χ3n) is 0.589. The Morgan fingerprint density at radius 3 is 2.67 bits per heavy atom. The average molecular weight is 100 g/mol. The van der Waals surface area contributed by atoms with Gasteiger partial charge in [-0.15, -0.1) is 0 Å². The van der Waals surface area contributed by atoms with E-state index in [1.54, 1.807) is 0 Å². The Kier molecular flexibility index (Phi) is 0.881. The van der Waals surface area contributed by atoms with Gasteiger partial charge in [-0.1, -0.05) is 0 Å². The van der Waals surface area contributed by atoms with Gasteiger partial charge in [0.05, 0.1) is 6.20 Å². The molecule has 0 radical (unpaired) electrons. The van der Waals surface area contributed by atoms with Gasteiger partial charge in [-0.2, -0.15) is 0 Å². The SMILES string of the molecule is C[s+]1ccnc1. The van der Waals surface area contributed by atoms with E-state index in [0.717, 1.165) is 0 Å². The van der Waals surface area contributed by atoms with Crippen LogP contribution in [0.4, 0.5) is 0 Å². The number of rotatable bonds is 0. The molecule has 0 aliphatic rings. The molecule has 1 nitrogen and oxygen atoms in total. The first kappa shape index (κ1) is 3.81. The van der Waals surface area contributed by atoms with E-state index in [4.69, 9.17) is 0 Å². The Labute approximate surface area is 39.6 Å². The lowest BCUT2D eigenvalue weighted by molar-refractivity contribution is 1.43. The summed E-state index contributed by atoms with van der Waals surface area (Å²) in [5.74, 6) is 0. The Morgan fingerprint density at radius 2 is 2.50 bits per heavy atom. The number of aromatic nitrogens is 1.